The van der Waals surface area contributed by atoms with E-state index in [2.05, 4.69) is 47.2 Å². The second-order valence-corrected chi connectivity index (χ2v) is 5.91. The molecule has 4 heteroatoms. The summed E-state index contributed by atoms with van der Waals surface area (Å²) in [5.41, 5.74) is 2.36. The maximum Gasteiger partial charge on any atom is 0.0547 e. The molecule has 1 fully saturated rings. The molecule has 1 aromatic rings. The molecule has 0 radical (unpaired) electrons. The van der Waals surface area contributed by atoms with Crippen molar-refractivity contribution in [3.05, 3.63) is 29.6 Å². The fraction of sp³-hybridized carbons (Fsp3) is 0.706. The summed E-state index contributed by atoms with van der Waals surface area (Å²) in [5.74, 6) is 0. The van der Waals surface area contributed by atoms with Gasteiger partial charge in [0.2, 0.25) is 0 Å². The van der Waals surface area contributed by atoms with E-state index in [1.165, 1.54) is 51.3 Å². The minimum absolute atomic E-state index is 0.881. The van der Waals surface area contributed by atoms with Crippen LogP contribution in [0.15, 0.2) is 18.2 Å². The van der Waals surface area contributed by atoms with Gasteiger partial charge in [-0.3, -0.25) is 9.88 Å². The van der Waals surface area contributed by atoms with Gasteiger partial charge < -0.3 is 10.2 Å². The summed E-state index contributed by atoms with van der Waals surface area (Å²) in [6.45, 7) is 13.4. The molecule has 0 bridgehead atoms. The number of piperazine rings is 1. The van der Waals surface area contributed by atoms with Gasteiger partial charge in [-0.2, -0.15) is 0 Å². The third kappa shape index (κ3) is 5.73. The van der Waals surface area contributed by atoms with Gasteiger partial charge in [0.15, 0.2) is 0 Å². The molecule has 0 spiro atoms. The molecule has 0 unspecified atom stereocenters. The first kappa shape index (κ1) is 16.4. The lowest BCUT2D eigenvalue weighted by Gasteiger charge is -2.34. The van der Waals surface area contributed by atoms with Gasteiger partial charge in [-0.1, -0.05) is 19.9 Å². The number of pyridine rings is 1. The number of hydrogen-bond acceptors (Lipinski definition) is 4. The van der Waals surface area contributed by atoms with Crippen LogP contribution in [-0.4, -0.2) is 54.1 Å². The molecule has 0 aliphatic carbocycles. The molecule has 1 N–H and O–H groups in total. The predicted molar refractivity (Wildman–Crippen MR) is 88.2 cm³/mol. The van der Waals surface area contributed by atoms with E-state index in [-0.39, 0.29) is 0 Å². The number of nitrogens with zero attached hydrogens (tertiary/aromatic N) is 3. The van der Waals surface area contributed by atoms with E-state index in [1.54, 1.807) is 0 Å². The Hall–Kier alpha value is -0.970. The zero-order chi connectivity index (χ0) is 14.9. The lowest BCUT2D eigenvalue weighted by atomic mass is 10.2. The quantitative estimate of drug-likeness (QED) is 0.743. The first-order valence-corrected chi connectivity index (χ1v) is 8.42. The Labute approximate surface area is 129 Å². The lowest BCUT2D eigenvalue weighted by molar-refractivity contribution is 0.126. The van der Waals surface area contributed by atoms with E-state index in [9.17, 15) is 0 Å². The van der Waals surface area contributed by atoms with Crippen LogP contribution in [0.25, 0.3) is 0 Å². The Balaban J connectivity index is 1.79. The summed E-state index contributed by atoms with van der Waals surface area (Å²) >= 11 is 0. The van der Waals surface area contributed by atoms with E-state index < -0.39 is 0 Å². The number of nitrogens with one attached hydrogen (secondary N) is 1. The maximum atomic E-state index is 4.78. The third-order valence-electron chi connectivity index (χ3n) is 3.99. The van der Waals surface area contributed by atoms with Gasteiger partial charge >= 0.3 is 0 Å². The van der Waals surface area contributed by atoms with Gasteiger partial charge in [0.25, 0.3) is 0 Å². The smallest absolute Gasteiger partial charge is 0.0547 e. The zero-order valence-electron chi connectivity index (χ0n) is 13.6. The monoisotopic (exact) mass is 290 g/mol. The average Bonchev–Trinajstić information content (AvgIpc) is 2.50. The van der Waals surface area contributed by atoms with Crippen LogP contribution in [0.2, 0.25) is 0 Å². The van der Waals surface area contributed by atoms with Crippen LogP contribution >= 0.6 is 0 Å². The van der Waals surface area contributed by atoms with Crippen molar-refractivity contribution in [1.82, 2.24) is 20.1 Å². The Kier molecular flexibility index (Phi) is 7.13. The van der Waals surface area contributed by atoms with Gasteiger partial charge in [0.05, 0.1) is 11.4 Å². The van der Waals surface area contributed by atoms with Gasteiger partial charge in [0, 0.05) is 39.3 Å². The minimum Gasteiger partial charge on any atom is -0.311 e. The summed E-state index contributed by atoms with van der Waals surface area (Å²) in [6.07, 6.45) is 2.43. The molecule has 118 valence electrons. The first-order valence-electron chi connectivity index (χ1n) is 8.42. The van der Waals surface area contributed by atoms with Crippen molar-refractivity contribution in [3.63, 3.8) is 0 Å². The molecule has 2 heterocycles. The summed E-state index contributed by atoms with van der Waals surface area (Å²) in [5, 5.41) is 3.42. The molecule has 1 aromatic heterocycles. The fourth-order valence-corrected chi connectivity index (χ4v) is 2.83. The van der Waals surface area contributed by atoms with Crippen molar-refractivity contribution >= 4 is 0 Å². The predicted octanol–water partition coefficient (Wildman–Crippen LogP) is 2.11. The SMILES string of the molecule is CCCNCc1cccc(CN2CCN(CCC)CC2)n1. The second-order valence-electron chi connectivity index (χ2n) is 5.91. The van der Waals surface area contributed by atoms with E-state index in [0.717, 1.165) is 25.3 Å². The summed E-state index contributed by atoms with van der Waals surface area (Å²) in [7, 11) is 0. The maximum absolute atomic E-state index is 4.78. The first-order chi connectivity index (χ1) is 10.3. The number of hydrogen-bond donors (Lipinski definition) is 1. The molecule has 1 aliphatic heterocycles. The van der Waals surface area contributed by atoms with E-state index >= 15 is 0 Å². The molecule has 0 aromatic carbocycles. The van der Waals surface area contributed by atoms with Crippen molar-refractivity contribution in [2.45, 2.75) is 39.8 Å². The third-order valence-corrected chi connectivity index (χ3v) is 3.99. The minimum atomic E-state index is 0.881. The number of rotatable bonds is 8. The van der Waals surface area contributed by atoms with Crippen LogP contribution in [0.3, 0.4) is 0 Å². The highest BCUT2D eigenvalue weighted by atomic mass is 15.3. The normalized spacial score (nSPS) is 17.2. The Morgan fingerprint density at radius 2 is 1.71 bits per heavy atom. The topological polar surface area (TPSA) is 31.4 Å². The lowest BCUT2D eigenvalue weighted by Crippen LogP contribution is -2.46. The molecular weight excluding hydrogens is 260 g/mol. The van der Waals surface area contributed by atoms with Gasteiger partial charge in [-0.15, -0.1) is 0 Å². The second kappa shape index (κ2) is 9.13. The van der Waals surface area contributed by atoms with Crippen molar-refractivity contribution in [2.24, 2.45) is 0 Å². The Morgan fingerprint density at radius 3 is 2.43 bits per heavy atom. The van der Waals surface area contributed by atoms with Crippen molar-refractivity contribution in [2.75, 3.05) is 39.3 Å². The highest BCUT2D eigenvalue weighted by Gasteiger charge is 2.16. The van der Waals surface area contributed by atoms with Gasteiger partial charge in [-0.05, 0) is 38.1 Å². The van der Waals surface area contributed by atoms with Crippen LogP contribution in [-0.2, 0) is 13.1 Å². The van der Waals surface area contributed by atoms with E-state index in [1.807, 2.05) is 0 Å². The Morgan fingerprint density at radius 1 is 1.00 bits per heavy atom. The molecule has 21 heavy (non-hydrogen) atoms. The summed E-state index contributed by atoms with van der Waals surface area (Å²) < 4.78 is 0. The highest BCUT2D eigenvalue weighted by molar-refractivity contribution is 5.11. The number of aromatic nitrogens is 1. The largest absolute Gasteiger partial charge is 0.311 e. The van der Waals surface area contributed by atoms with E-state index in [0.29, 0.717) is 0 Å². The molecule has 4 nitrogen and oxygen atoms in total. The standard InChI is InChI=1S/C17H30N4/c1-3-8-18-14-16-6-5-7-17(19-16)15-21-12-10-20(9-4-2)11-13-21/h5-7,18H,3-4,8-15H2,1-2H3. The molecule has 1 aliphatic rings. The average molecular weight is 290 g/mol. The summed E-state index contributed by atoms with van der Waals surface area (Å²) in [4.78, 5) is 9.87. The van der Waals surface area contributed by atoms with Gasteiger partial charge in [-0.25, -0.2) is 0 Å². The Bertz CT molecular complexity index is 400. The molecule has 1 saturated heterocycles. The fourth-order valence-electron chi connectivity index (χ4n) is 2.83. The zero-order valence-corrected chi connectivity index (χ0v) is 13.6. The van der Waals surface area contributed by atoms with E-state index in [4.69, 9.17) is 4.98 Å². The molecule has 0 saturated carbocycles. The van der Waals surface area contributed by atoms with Crippen molar-refractivity contribution in [3.8, 4) is 0 Å². The van der Waals surface area contributed by atoms with Crippen LogP contribution < -0.4 is 5.32 Å². The molecular formula is C17H30N4. The molecule has 0 atom stereocenters. The van der Waals surface area contributed by atoms with Crippen LogP contribution in [0.4, 0.5) is 0 Å². The molecule has 0 amide bonds. The van der Waals surface area contributed by atoms with Crippen LogP contribution in [0.5, 0.6) is 0 Å². The van der Waals surface area contributed by atoms with Crippen LogP contribution in [0, 0.1) is 0 Å². The van der Waals surface area contributed by atoms with Gasteiger partial charge in [0.1, 0.15) is 0 Å². The highest BCUT2D eigenvalue weighted by Crippen LogP contribution is 2.08. The van der Waals surface area contributed by atoms with Crippen LogP contribution in [0.1, 0.15) is 38.1 Å². The van der Waals surface area contributed by atoms with Crippen molar-refractivity contribution < 1.29 is 0 Å². The van der Waals surface area contributed by atoms with Crippen molar-refractivity contribution in [1.29, 1.82) is 0 Å². The summed E-state index contributed by atoms with van der Waals surface area (Å²) in [6, 6.07) is 6.41. The molecule has 2 rings (SSSR count).